The molecule has 0 spiro atoms. The zero-order valence-electron chi connectivity index (χ0n) is 13.4. The Morgan fingerprint density at radius 1 is 1.12 bits per heavy atom. The van der Waals surface area contributed by atoms with Crippen LogP contribution in [-0.2, 0) is 10.0 Å². The summed E-state index contributed by atoms with van der Waals surface area (Å²) >= 11 is 8.36. The van der Waals surface area contributed by atoms with E-state index in [1.54, 1.807) is 18.3 Å². The van der Waals surface area contributed by atoms with E-state index in [4.69, 9.17) is 11.6 Å². The van der Waals surface area contributed by atoms with E-state index in [1.165, 1.54) is 17.4 Å². The molecule has 26 heavy (non-hydrogen) atoms. The van der Waals surface area contributed by atoms with E-state index in [9.17, 15) is 8.42 Å². The summed E-state index contributed by atoms with van der Waals surface area (Å²) < 4.78 is 28.2. The Morgan fingerprint density at radius 2 is 1.96 bits per heavy atom. The molecule has 1 aromatic carbocycles. The monoisotopic (exact) mass is 421 g/mol. The van der Waals surface area contributed by atoms with Gasteiger partial charge in [0.1, 0.15) is 19.6 Å². The lowest BCUT2D eigenvalue weighted by atomic mass is 10.1. The van der Waals surface area contributed by atoms with Gasteiger partial charge in [0.05, 0.1) is 10.0 Å². The van der Waals surface area contributed by atoms with Crippen molar-refractivity contribution in [1.82, 2.24) is 9.97 Å². The van der Waals surface area contributed by atoms with Gasteiger partial charge in [-0.3, -0.25) is 4.72 Å². The average Bonchev–Trinajstić information content (AvgIpc) is 3.23. The number of aryl methyl sites for hydroxylation is 1. The summed E-state index contributed by atoms with van der Waals surface area (Å²) in [7, 11) is -3.65. The molecule has 0 amide bonds. The second-order valence-electron chi connectivity index (χ2n) is 5.54. The van der Waals surface area contributed by atoms with Crippen molar-refractivity contribution < 1.29 is 8.42 Å². The molecule has 4 aromatic rings. The molecule has 1 N–H and O–H groups in total. The number of halogens is 1. The molecule has 0 radical (unpaired) electrons. The highest BCUT2D eigenvalue weighted by Gasteiger charge is 2.18. The standard InChI is InChI=1S/C17H12ClN3O2S3/c1-10-9-11(16-20-13-3-2-8-19-17(13)25-16)4-5-12(10)21-26(22,23)15-7-6-14(18)24-15/h2-9,21H,1H3. The molecule has 0 saturated carbocycles. The van der Waals surface area contributed by atoms with Crippen LogP contribution in [0.3, 0.4) is 0 Å². The minimum absolute atomic E-state index is 0.184. The minimum atomic E-state index is -3.65. The molecule has 0 aliphatic carbocycles. The number of pyridine rings is 1. The smallest absolute Gasteiger partial charge is 0.271 e. The summed E-state index contributed by atoms with van der Waals surface area (Å²) in [5, 5.41) is 0.848. The number of fused-ring (bicyclic) bond motifs is 1. The molecule has 3 aromatic heterocycles. The van der Waals surface area contributed by atoms with Crippen molar-refractivity contribution in [1.29, 1.82) is 0 Å². The molecule has 5 nitrogen and oxygen atoms in total. The Balaban J connectivity index is 1.65. The second kappa shape index (κ2) is 6.62. The first-order valence-electron chi connectivity index (χ1n) is 7.53. The van der Waals surface area contributed by atoms with Gasteiger partial charge in [-0.2, -0.15) is 0 Å². The van der Waals surface area contributed by atoms with Crippen LogP contribution in [0.25, 0.3) is 20.9 Å². The fraction of sp³-hybridized carbons (Fsp3) is 0.0588. The van der Waals surface area contributed by atoms with Gasteiger partial charge in [-0.05, 0) is 55.0 Å². The highest BCUT2D eigenvalue weighted by atomic mass is 35.5. The Morgan fingerprint density at radius 3 is 2.65 bits per heavy atom. The maximum atomic E-state index is 12.5. The first kappa shape index (κ1) is 17.4. The lowest BCUT2D eigenvalue weighted by Gasteiger charge is -2.10. The van der Waals surface area contributed by atoms with Crippen LogP contribution in [0.1, 0.15) is 5.56 Å². The van der Waals surface area contributed by atoms with Crippen molar-refractivity contribution in [3.05, 3.63) is 58.6 Å². The number of hydrogen-bond acceptors (Lipinski definition) is 6. The zero-order valence-corrected chi connectivity index (χ0v) is 16.6. The summed E-state index contributed by atoms with van der Waals surface area (Å²) in [6, 6.07) is 12.3. The van der Waals surface area contributed by atoms with Crippen LogP contribution in [0.4, 0.5) is 5.69 Å². The molecule has 0 saturated heterocycles. The number of hydrogen-bond donors (Lipinski definition) is 1. The van der Waals surface area contributed by atoms with Gasteiger partial charge in [-0.15, -0.1) is 11.3 Å². The van der Waals surface area contributed by atoms with Gasteiger partial charge in [-0.1, -0.05) is 22.9 Å². The number of benzene rings is 1. The topological polar surface area (TPSA) is 72.0 Å². The third-order valence-corrected chi connectivity index (χ3v) is 7.81. The molecule has 0 fully saturated rings. The molecule has 0 aliphatic rings. The van der Waals surface area contributed by atoms with Gasteiger partial charge in [0, 0.05) is 11.8 Å². The van der Waals surface area contributed by atoms with Crippen LogP contribution in [0, 0.1) is 6.92 Å². The van der Waals surface area contributed by atoms with Gasteiger partial charge >= 0.3 is 0 Å². The molecule has 132 valence electrons. The lowest BCUT2D eigenvalue weighted by Crippen LogP contribution is -2.12. The third-order valence-electron chi connectivity index (χ3n) is 3.70. The molecule has 0 atom stereocenters. The van der Waals surface area contributed by atoms with Crippen molar-refractivity contribution in [2.24, 2.45) is 0 Å². The molecule has 3 heterocycles. The largest absolute Gasteiger partial charge is 0.279 e. The first-order valence-corrected chi connectivity index (χ1v) is 11.0. The molecule has 0 aliphatic heterocycles. The Kier molecular flexibility index (Phi) is 4.44. The van der Waals surface area contributed by atoms with E-state index < -0.39 is 10.0 Å². The number of sulfonamides is 1. The maximum Gasteiger partial charge on any atom is 0.271 e. The molecule has 9 heteroatoms. The van der Waals surface area contributed by atoms with E-state index in [1.807, 2.05) is 31.2 Å². The van der Waals surface area contributed by atoms with E-state index in [0.717, 1.165) is 37.8 Å². The number of aromatic nitrogens is 2. The fourth-order valence-corrected chi connectivity index (χ4v) is 5.96. The van der Waals surface area contributed by atoms with Crippen molar-refractivity contribution in [2.75, 3.05) is 4.72 Å². The van der Waals surface area contributed by atoms with Gasteiger partial charge in [-0.25, -0.2) is 18.4 Å². The van der Waals surface area contributed by atoms with E-state index in [-0.39, 0.29) is 4.21 Å². The highest BCUT2D eigenvalue weighted by Crippen LogP contribution is 2.32. The Bertz CT molecular complexity index is 1180. The molecule has 4 rings (SSSR count). The predicted octanol–water partition coefficient (Wildman–Crippen LogP) is 5.18. The van der Waals surface area contributed by atoms with Gasteiger partial charge < -0.3 is 0 Å². The summed E-state index contributed by atoms with van der Waals surface area (Å²) in [6.07, 6.45) is 1.74. The zero-order chi connectivity index (χ0) is 18.3. The number of thiophene rings is 1. The van der Waals surface area contributed by atoms with E-state index in [2.05, 4.69) is 14.7 Å². The average molecular weight is 422 g/mol. The number of nitrogens with one attached hydrogen (secondary N) is 1. The summed E-state index contributed by atoms with van der Waals surface area (Å²) in [5.41, 5.74) is 3.11. The minimum Gasteiger partial charge on any atom is -0.279 e. The van der Waals surface area contributed by atoms with Gasteiger partial charge in [0.15, 0.2) is 0 Å². The number of rotatable bonds is 4. The quantitative estimate of drug-likeness (QED) is 0.492. The van der Waals surface area contributed by atoms with E-state index >= 15 is 0 Å². The summed E-state index contributed by atoms with van der Waals surface area (Å²) in [6.45, 7) is 1.86. The second-order valence-corrected chi connectivity index (χ2v) is 10.1. The molecule has 0 bridgehead atoms. The molecular weight excluding hydrogens is 410 g/mol. The van der Waals surface area contributed by atoms with Gasteiger partial charge in [0.2, 0.25) is 0 Å². The number of nitrogens with zero attached hydrogens (tertiary/aromatic N) is 2. The Labute approximate surface area is 163 Å². The fourth-order valence-electron chi connectivity index (χ4n) is 2.44. The van der Waals surface area contributed by atoms with Crippen molar-refractivity contribution in [3.8, 4) is 10.6 Å². The highest BCUT2D eigenvalue weighted by molar-refractivity contribution is 7.94. The first-order chi connectivity index (χ1) is 12.4. The normalized spacial score (nSPS) is 11.8. The van der Waals surface area contributed by atoms with Crippen LogP contribution in [0.15, 0.2) is 52.9 Å². The van der Waals surface area contributed by atoms with Crippen LogP contribution in [-0.4, -0.2) is 18.4 Å². The van der Waals surface area contributed by atoms with Crippen LogP contribution in [0.2, 0.25) is 4.34 Å². The third kappa shape index (κ3) is 3.33. The van der Waals surface area contributed by atoms with E-state index in [0.29, 0.717) is 10.0 Å². The van der Waals surface area contributed by atoms with Crippen LogP contribution < -0.4 is 4.72 Å². The number of thiazole rings is 1. The lowest BCUT2D eigenvalue weighted by molar-refractivity contribution is 0.603. The molecule has 0 unspecified atom stereocenters. The maximum absolute atomic E-state index is 12.5. The van der Waals surface area contributed by atoms with Crippen molar-refractivity contribution in [3.63, 3.8) is 0 Å². The Hall–Kier alpha value is -2.00. The number of anilines is 1. The van der Waals surface area contributed by atoms with Crippen molar-refractivity contribution >= 4 is 60.3 Å². The van der Waals surface area contributed by atoms with Crippen LogP contribution >= 0.6 is 34.3 Å². The van der Waals surface area contributed by atoms with Crippen molar-refractivity contribution in [2.45, 2.75) is 11.1 Å². The predicted molar refractivity (Wildman–Crippen MR) is 108 cm³/mol. The molecular formula is C17H12ClN3O2S3. The van der Waals surface area contributed by atoms with Crippen LogP contribution in [0.5, 0.6) is 0 Å². The summed E-state index contributed by atoms with van der Waals surface area (Å²) in [5.74, 6) is 0. The summed E-state index contributed by atoms with van der Waals surface area (Å²) in [4.78, 5) is 9.76. The SMILES string of the molecule is Cc1cc(-c2nc3cccnc3s2)ccc1NS(=O)(=O)c1ccc(Cl)s1. The van der Waals surface area contributed by atoms with Gasteiger partial charge in [0.25, 0.3) is 10.0 Å².